The Bertz CT molecular complexity index is 101. The van der Waals surface area contributed by atoms with Crippen LogP contribution < -0.4 is 5.32 Å². The van der Waals surface area contributed by atoms with Gasteiger partial charge in [0.2, 0.25) is 0 Å². The molecule has 0 aromatic rings. The third-order valence-electron chi connectivity index (χ3n) is 1.55. The standard InChI is InChI=1S/C6H11NO/c1-2-5-3-6(8)4-7-5/h5,7H,2-4H2,1H3/t5-/m1/s1. The smallest absolute Gasteiger partial charge is 0.148 e. The van der Waals surface area contributed by atoms with Gasteiger partial charge in [-0.25, -0.2) is 0 Å². The molecule has 1 rings (SSSR count). The largest absolute Gasteiger partial charge is 0.307 e. The Kier molecular flexibility index (Phi) is 1.63. The van der Waals surface area contributed by atoms with Gasteiger partial charge in [0.1, 0.15) is 5.78 Å². The molecule has 0 spiro atoms. The maximum atomic E-state index is 10.5. The number of hydrogen-bond donors (Lipinski definition) is 1. The second-order valence-corrected chi connectivity index (χ2v) is 2.23. The fourth-order valence-corrected chi connectivity index (χ4v) is 0.966. The van der Waals surface area contributed by atoms with Gasteiger partial charge in [-0.3, -0.25) is 4.79 Å². The molecule has 1 heterocycles. The summed E-state index contributed by atoms with van der Waals surface area (Å²) < 4.78 is 0. The second-order valence-electron chi connectivity index (χ2n) is 2.23. The van der Waals surface area contributed by atoms with Crippen molar-refractivity contribution in [2.24, 2.45) is 0 Å². The number of nitrogens with one attached hydrogen (secondary N) is 1. The van der Waals surface area contributed by atoms with Crippen LogP contribution in [0, 0.1) is 0 Å². The predicted octanol–water partition coefficient (Wildman–Crippen LogP) is 0.327. The summed E-state index contributed by atoms with van der Waals surface area (Å²) in [6, 6.07) is 0.475. The topological polar surface area (TPSA) is 29.1 Å². The highest BCUT2D eigenvalue weighted by atomic mass is 16.1. The molecule has 46 valence electrons. The predicted molar refractivity (Wildman–Crippen MR) is 31.7 cm³/mol. The molecule has 0 aliphatic carbocycles. The van der Waals surface area contributed by atoms with E-state index in [-0.39, 0.29) is 0 Å². The maximum absolute atomic E-state index is 10.5. The lowest BCUT2D eigenvalue weighted by Crippen LogP contribution is -2.19. The average molecular weight is 113 g/mol. The van der Waals surface area contributed by atoms with E-state index in [0.29, 0.717) is 18.4 Å². The Labute approximate surface area is 49.3 Å². The average Bonchev–Trinajstić information content (AvgIpc) is 2.14. The number of carbonyl (C=O) groups is 1. The number of Topliss-reactive ketones (excluding diaryl/α,β-unsaturated/α-hetero) is 1. The molecule has 1 atom stereocenters. The Morgan fingerprint density at radius 1 is 1.88 bits per heavy atom. The molecular weight excluding hydrogens is 102 g/mol. The molecule has 8 heavy (non-hydrogen) atoms. The highest BCUT2D eigenvalue weighted by Crippen LogP contribution is 2.03. The molecule has 1 aliphatic heterocycles. The van der Waals surface area contributed by atoms with Crippen molar-refractivity contribution in [2.45, 2.75) is 25.8 Å². The molecule has 2 heteroatoms. The third-order valence-corrected chi connectivity index (χ3v) is 1.55. The summed E-state index contributed by atoms with van der Waals surface area (Å²) in [5.74, 6) is 0.358. The zero-order valence-electron chi connectivity index (χ0n) is 5.11. The van der Waals surface area contributed by atoms with Crippen molar-refractivity contribution in [1.29, 1.82) is 0 Å². The fraction of sp³-hybridized carbons (Fsp3) is 0.833. The monoisotopic (exact) mass is 113 g/mol. The quantitative estimate of drug-likeness (QED) is 0.531. The maximum Gasteiger partial charge on any atom is 0.148 e. The van der Waals surface area contributed by atoms with Crippen molar-refractivity contribution in [1.82, 2.24) is 5.32 Å². The lowest BCUT2D eigenvalue weighted by Gasteiger charge is -2.00. The van der Waals surface area contributed by atoms with Crippen molar-refractivity contribution in [3.63, 3.8) is 0 Å². The van der Waals surface area contributed by atoms with E-state index >= 15 is 0 Å². The summed E-state index contributed by atoms with van der Waals surface area (Å²) >= 11 is 0. The van der Waals surface area contributed by atoms with Gasteiger partial charge in [0.25, 0.3) is 0 Å². The van der Waals surface area contributed by atoms with Crippen LogP contribution in [0.5, 0.6) is 0 Å². The Balaban J connectivity index is 2.32. The van der Waals surface area contributed by atoms with Crippen molar-refractivity contribution in [2.75, 3.05) is 6.54 Å². The first kappa shape index (κ1) is 5.76. The minimum atomic E-state index is 0.358. The first-order valence-corrected chi connectivity index (χ1v) is 3.08. The first-order chi connectivity index (χ1) is 3.83. The molecule has 1 N–H and O–H groups in total. The number of carbonyl (C=O) groups excluding carboxylic acids is 1. The number of ketones is 1. The molecule has 1 saturated heterocycles. The minimum absolute atomic E-state index is 0.358. The second kappa shape index (κ2) is 2.27. The third kappa shape index (κ3) is 1.07. The molecule has 1 aliphatic rings. The minimum Gasteiger partial charge on any atom is -0.307 e. The zero-order chi connectivity index (χ0) is 5.98. The molecule has 0 aromatic heterocycles. The van der Waals surface area contributed by atoms with Crippen molar-refractivity contribution < 1.29 is 4.79 Å². The van der Waals surface area contributed by atoms with E-state index in [0.717, 1.165) is 12.8 Å². The van der Waals surface area contributed by atoms with E-state index < -0.39 is 0 Å². The van der Waals surface area contributed by atoms with Crippen LogP contribution in [0.1, 0.15) is 19.8 Å². The molecule has 0 amide bonds. The number of hydrogen-bond acceptors (Lipinski definition) is 2. The molecule has 0 radical (unpaired) electrons. The van der Waals surface area contributed by atoms with Crippen LogP contribution >= 0.6 is 0 Å². The Morgan fingerprint density at radius 2 is 2.62 bits per heavy atom. The van der Waals surface area contributed by atoms with E-state index in [9.17, 15) is 4.79 Å². The van der Waals surface area contributed by atoms with Crippen LogP contribution in [-0.2, 0) is 4.79 Å². The van der Waals surface area contributed by atoms with Gasteiger partial charge in [-0.15, -0.1) is 0 Å². The van der Waals surface area contributed by atoms with Crippen LogP contribution in [0.4, 0.5) is 0 Å². The summed E-state index contributed by atoms with van der Waals surface area (Å²) in [4.78, 5) is 10.5. The summed E-state index contributed by atoms with van der Waals surface area (Å²) in [7, 11) is 0. The fourth-order valence-electron chi connectivity index (χ4n) is 0.966. The van der Waals surface area contributed by atoms with E-state index in [2.05, 4.69) is 12.2 Å². The molecule has 0 bridgehead atoms. The van der Waals surface area contributed by atoms with Crippen molar-refractivity contribution >= 4 is 5.78 Å². The first-order valence-electron chi connectivity index (χ1n) is 3.08. The van der Waals surface area contributed by atoms with E-state index in [1.54, 1.807) is 0 Å². The van der Waals surface area contributed by atoms with Crippen LogP contribution in [0.3, 0.4) is 0 Å². The normalized spacial score (nSPS) is 29.1. The lowest BCUT2D eigenvalue weighted by atomic mass is 10.2. The summed E-state index contributed by atoms with van der Waals surface area (Å²) in [5, 5.41) is 3.11. The highest BCUT2D eigenvalue weighted by Gasteiger charge is 2.18. The van der Waals surface area contributed by atoms with Gasteiger partial charge < -0.3 is 5.32 Å². The number of rotatable bonds is 1. The van der Waals surface area contributed by atoms with Gasteiger partial charge in [-0.2, -0.15) is 0 Å². The molecular formula is C6H11NO. The van der Waals surface area contributed by atoms with Crippen molar-refractivity contribution in [3.05, 3.63) is 0 Å². The molecule has 0 unspecified atom stereocenters. The Morgan fingerprint density at radius 3 is 2.88 bits per heavy atom. The molecule has 1 fully saturated rings. The highest BCUT2D eigenvalue weighted by molar-refractivity contribution is 5.83. The van der Waals surface area contributed by atoms with Gasteiger partial charge in [-0.1, -0.05) is 6.92 Å². The molecule has 2 nitrogen and oxygen atoms in total. The SMILES string of the molecule is CC[C@@H]1CC(=O)CN1. The van der Waals surface area contributed by atoms with Crippen LogP contribution in [0.2, 0.25) is 0 Å². The van der Waals surface area contributed by atoms with Crippen LogP contribution in [0.25, 0.3) is 0 Å². The van der Waals surface area contributed by atoms with Gasteiger partial charge >= 0.3 is 0 Å². The van der Waals surface area contributed by atoms with E-state index in [4.69, 9.17) is 0 Å². The molecule has 0 saturated carbocycles. The lowest BCUT2D eigenvalue weighted by molar-refractivity contribution is -0.116. The summed E-state index contributed by atoms with van der Waals surface area (Å²) in [6.07, 6.45) is 1.82. The van der Waals surface area contributed by atoms with Crippen LogP contribution in [-0.4, -0.2) is 18.4 Å². The van der Waals surface area contributed by atoms with Crippen molar-refractivity contribution in [3.8, 4) is 0 Å². The van der Waals surface area contributed by atoms with Gasteiger partial charge in [-0.05, 0) is 6.42 Å². The Hall–Kier alpha value is -0.370. The molecule has 0 aromatic carbocycles. The van der Waals surface area contributed by atoms with E-state index in [1.165, 1.54) is 0 Å². The zero-order valence-corrected chi connectivity index (χ0v) is 5.11. The summed E-state index contributed by atoms with van der Waals surface area (Å²) in [6.45, 7) is 2.69. The van der Waals surface area contributed by atoms with Gasteiger partial charge in [0, 0.05) is 12.5 Å². The van der Waals surface area contributed by atoms with Gasteiger partial charge in [0.05, 0.1) is 6.54 Å². The van der Waals surface area contributed by atoms with Gasteiger partial charge in [0.15, 0.2) is 0 Å². The van der Waals surface area contributed by atoms with E-state index in [1.807, 2.05) is 0 Å². The van der Waals surface area contributed by atoms with Crippen LogP contribution in [0.15, 0.2) is 0 Å². The summed E-state index contributed by atoms with van der Waals surface area (Å²) in [5.41, 5.74) is 0.